The number of hydrogen-bond donors (Lipinski definition) is 1. The van der Waals surface area contributed by atoms with Gasteiger partial charge < -0.3 is 14.6 Å². The lowest BCUT2D eigenvalue weighted by Crippen LogP contribution is -2.40. The molecule has 0 aromatic rings. The van der Waals surface area contributed by atoms with Crippen molar-refractivity contribution in [1.29, 1.82) is 0 Å². The van der Waals surface area contributed by atoms with Crippen LogP contribution in [0.1, 0.15) is 47.0 Å². The fraction of sp³-hybridized carbons (Fsp3) is 0.737. The number of carbonyl (C=O) groups is 1. The minimum Gasteiger partial charge on any atom is -0.458 e. The number of aliphatic hydroxyl groups is 1. The van der Waals surface area contributed by atoms with E-state index in [0.717, 1.165) is 12.8 Å². The van der Waals surface area contributed by atoms with Gasteiger partial charge in [-0.1, -0.05) is 39.0 Å². The molecule has 0 fully saturated rings. The molecule has 0 saturated heterocycles. The number of esters is 1. The highest BCUT2D eigenvalue weighted by molar-refractivity contribution is 5.82. The molecule has 1 rings (SSSR count). The van der Waals surface area contributed by atoms with Crippen LogP contribution in [0.5, 0.6) is 0 Å². The van der Waals surface area contributed by atoms with Gasteiger partial charge in [-0.3, -0.25) is 0 Å². The van der Waals surface area contributed by atoms with Crippen molar-refractivity contribution < 1.29 is 19.4 Å². The number of aliphatic hydroxyl groups excluding tert-OH is 1. The van der Waals surface area contributed by atoms with E-state index in [4.69, 9.17) is 9.47 Å². The molecule has 23 heavy (non-hydrogen) atoms. The molecule has 1 heterocycles. The van der Waals surface area contributed by atoms with Crippen molar-refractivity contribution in [3.05, 3.63) is 24.3 Å². The highest BCUT2D eigenvalue weighted by Gasteiger charge is 2.33. The van der Waals surface area contributed by atoms with Gasteiger partial charge in [0, 0.05) is 31.4 Å². The summed E-state index contributed by atoms with van der Waals surface area (Å²) in [7, 11) is 1.69. The third-order valence-electron chi connectivity index (χ3n) is 4.87. The van der Waals surface area contributed by atoms with Gasteiger partial charge in [-0.15, -0.1) is 0 Å². The zero-order chi connectivity index (χ0) is 17.4. The molecule has 0 unspecified atom stereocenters. The zero-order valence-corrected chi connectivity index (χ0v) is 15.1. The molecule has 0 aromatic heterocycles. The highest BCUT2D eigenvalue weighted by Crippen LogP contribution is 2.29. The van der Waals surface area contributed by atoms with Gasteiger partial charge in [0.15, 0.2) is 0 Å². The Bertz CT molecular complexity index is 416. The molecular formula is C19H32O4. The predicted octanol–water partition coefficient (Wildman–Crippen LogP) is 3.50. The molecule has 0 aliphatic carbocycles. The van der Waals surface area contributed by atoms with Gasteiger partial charge in [-0.25, -0.2) is 4.79 Å². The molecule has 1 aliphatic heterocycles. The van der Waals surface area contributed by atoms with E-state index in [-0.39, 0.29) is 30.0 Å². The van der Waals surface area contributed by atoms with E-state index < -0.39 is 6.10 Å². The van der Waals surface area contributed by atoms with Crippen LogP contribution in [0.3, 0.4) is 0 Å². The molecule has 6 atom stereocenters. The van der Waals surface area contributed by atoms with Gasteiger partial charge in [0.05, 0.1) is 12.2 Å². The third kappa shape index (κ3) is 5.78. The van der Waals surface area contributed by atoms with Crippen molar-refractivity contribution in [2.45, 2.75) is 65.3 Å². The zero-order valence-electron chi connectivity index (χ0n) is 15.1. The summed E-state index contributed by atoms with van der Waals surface area (Å²) in [5.41, 5.74) is 0. The minimum absolute atomic E-state index is 0.0256. The summed E-state index contributed by atoms with van der Waals surface area (Å²) in [4.78, 5) is 11.5. The number of cyclic esters (lactones) is 1. The maximum Gasteiger partial charge on any atom is 0.330 e. The van der Waals surface area contributed by atoms with Gasteiger partial charge in [-0.05, 0) is 25.7 Å². The minimum atomic E-state index is -0.564. The summed E-state index contributed by atoms with van der Waals surface area (Å²) in [5.74, 6) is 0.152. The van der Waals surface area contributed by atoms with Crippen LogP contribution in [0.25, 0.3) is 0 Å². The van der Waals surface area contributed by atoms with Crippen LogP contribution in [0, 0.1) is 17.8 Å². The Hall–Kier alpha value is -1.13. The monoisotopic (exact) mass is 324 g/mol. The molecule has 0 saturated carbocycles. The first kappa shape index (κ1) is 19.9. The smallest absolute Gasteiger partial charge is 0.330 e. The van der Waals surface area contributed by atoms with Gasteiger partial charge in [0.1, 0.15) is 6.10 Å². The first-order valence-electron chi connectivity index (χ1n) is 8.65. The van der Waals surface area contributed by atoms with E-state index >= 15 is 0 Å². The fourth-order valence-electron chi connectivity index (χ4n) is 3.35. The number of methoxy groups -OCH3 is 1. The van der Waals surface area contributed by atoms with E-state index in [9.17, 15) is 9.90 Å². The van der Waals surface area contributed by atoms with Crippen LogP contribution >= 0.6 is 0 Å². The molecule has 4 nitrogen and oxygen atoms in total. The Morgan fingerprint density at radius 2 is 2.13 bits per heavy atom. The van der Waals surface area contributed by atoms with Crippen molar-refractivity contribution in [2.24, 2.45) is 17.8 Å². The van der Waals surface area contributed by atoms with Crippen LogP contribution < -0.4 is 0 Å². The molecule has 0 radical (unpaired) electrons. The Kier molecular flexibility index (Phi) is 8.56. The average Bonchev–Trinajstić information content (AvgIpc) is 2.53. The second-order valence-electron chi connectivity index (χ2n) is 6.55. The maximum atomic E-state index is 11.5. The maximum absolute atomic E-state index is 11.5. The van der Waals surface area contributed by atoms with E-state index in [1.54, 1.807) is 7.11 Å². The van der Waals surface area contributed by atoms with Crippen molar-refractivity contribution in [3.63, 3.8) is 0 Å². The lowest BCUT2D eigenvalue weighted by Gasteiger charge is -2.34. The SMILES string of the molecule is C/C=C/C[C@H](C)[C@@H](OC)[C@H](C)[C@@H](O)C[C@H]1OC(=O)C=C[C@H]1CC. The lowest BCUT2D eigenvalue weighted by molar-refractivity contribution is -0.149. The normalized spacial score (nSPS) is 26.8. The van der Waals surface area contributed by atoms with Gasteiger partial charge in [0.25, 0.3) is 0 Å². The molecule has 0 bridgehead atoms. The Morgan fingerprint density at radius 3 is 2.70 bits per heavy atom. The van der Waals surface area contributed by atoms with E-state index in [2.05, 4.69) is 19.9 Å². The summed E-state index contributed by atoms with van der Waals surface area (Å²) in [6, 6.07) is 0. The number of ether oxygens (including phenoxy) is 2. The summed E-state index contributed by atoms with van der Waals surface area (Å²) >= 11 is 0. The summed E-state index contributed by atoms with van der Waals surface area (Å²) < 4.78 is 11.1. The quantitative estimate of drug-likeness (QED) is 0.521. The largest absolute Gasteiger partial charge is 0.458 e. The molecule has 0 amide bonds. The number of hydrogen-bond acceptors (Lipinski definition) is 4. The van der Waals surface area contributed by atoms with Crippen molar-refractivity contribution in [1.82, 2.24) is 0 Å². The summed E-state index contributed by atoms with van der Waals surface area (Å²) in [5, 5.41) is 10.6. The predicted molar refractivity (Wildman–Crippen MR) is 92.0 cm³/mol. The second kappa shape index (κ2) is 9.89. The van der Waals surface area contributed by atoms with Crippen LogP contribution in [0.15, 0.2) is 24.3 Å². The van der Waals surface area contributed by atoms with Gasteiger partial charge in [-0.2, -0.15) is 0 Å². The second-order valence-corrected chi connectivity index (χ2v) is 6.55. The first-order valence-corrected chi connectivity index (χ1v) is 8.65. The number of allylic oxidation sites excluding steroid dienone is 2. The highest BCUT2D eigenvalue weighted by atomic mass is 16.5. The number of carbonyl (C=O) groups excluding carboxylic acids is 1. The van der Waals surface area contributed by atoms with Crippen LogP contribution in [-0.2, 0) is 14.3 Å². The third-order valence-corrected chi connectivity index (χ3v) is 4.87. The molecule has 1 aliphatic rings. The van der Waals surface area contributed by atoms with Crippen molar-refractivity contribution in [3.8, 4) is 0 Å². The molecule has 0 aromatic carbocycles. The number of rotatable bonds is 9. The topological polar surface area (TPSA) is 55.8 Å². The standard InChI is InChI=1S/C19H32O4/c1-6-8-9-13(3)19(22-5)14(4)16(20)12-17-15(7-2)10-11-18(21)23-17/h6,8,10-11,13-17,19-20H,7,9,12H2,1-5H3/b8-6+/t13-,14+,15+,16-,17+,19+/m0/s1. The molecule has 4 heteroatoms. The van der Waals surface area contributed by atoms with E-state index in [1.165, 1.54) is 6.08 Å². The van der Waals surface area contributed by atoms with E-state index in [1.807, 2.05) is 26.0 Å². The lowest BCUT2D eigenvalue weighted by atomic mass is 9.83. The fourth-order valence-corrected chi connectivity index (χ4v) is 3.35. The van der Waals surface area contributed by atoms with Crippen molar-refractivity contribution in [2.75, 3.05) is 7.11 Å². The van der Waals surface area contributed by atoms with Crippen LogP contribution in [-0.4, -0.2) is 36.5 Å². The average molecular weight is 324 g/mol. The van der Waals surface area contributed by atoms with Crippen LogP contribution in [0.4, 0.5) is 0 Å². The van der Waals surface area contributed by atoms with Gasteiger partial charge in [0.2, 0.25) is 0 Å². The Labute approximate surface area is 140 Å². The molecular weight excluding hydrogens is 292 g/mol. The Morgan fingerprint density at radius 1 is 1.43 bits per heavy atom. The summed E-state index contributed by atoms with van der Waals surface area (Å²) in [6.45, 7) is 8.21. The summed E-state index contributed by atoms with van der Waals surface area (Å²) in [6.07, 6.45) is 8.95. The molecule has 0 spiro atoms. The van der Waals surface area contributed by atoms with E-state index in [0.29, 0.717) is 12.3 Å². The van der Waals surface area contributed by atoms with Crippen molar-refractivity contribution >= 4 is 5.97 Å². The molecule has 1 N–H and O–H groups in total. The first-order chi connectivity index (χ1) is 10.9. The molecule has 132 valence electrons. The van der Waals surface area contributed by atoms with Crippen LogP contribution in [0.2, 0.25) is 0 Å². The van der Waals surface area contributed by atoms with Gasteiger partial charge >= 0.3 is 5.97 Å². The Balaban J connectivity index is 2.68.